The average Bonchev–Trinajstić information content (AvgIpc) is 3.03. The lowest BCUT2D eigenvalue weighted by Gasteiger charge is -2.13. The molecule has 0 bridgehead atoms. The number of amides is 1. The van der Waals surface area contributed by atoms with Crippen molar-refractivity contribution in [1.29, 1.82) is 0 Å². The van der Waals surface area contributed by atoms with Crippen LogP contribution in [0.5, 0.6) is 5.75 Å². The molecule has 3 aromatic rings. The van der Waals surface area contributed by atoms with Crippen molar-refractivity contribution < 1.29 is 14.6 Å². The minimum absolute atomic E-state index is 0.475. The van der Waals surface area contributed by atoms with Gasteiger partial charge in [-0.2, -0.15) is 0 Å². The number of aromatic nitrogens is 1. The van der Waals surface area contributed by atoms with Gasteiger partial charge in [0.1, 0.15) is 5.75 Å². The van der Waals surface area contributed by atoms with Gasteiger partial charge in [-0.05, 0) is 48.2 Å². The average molecular weight is 324 g/mol. The van der Waals surface area contributed by atoms with Crippen LogP contribution in [0.25, 0.3) is 10.9 Å². The van der Waals surface area contributed by atoms with Gasteiger partial charge >= 0.3 is 0 Å². The number of ether oxygens (including phenoxy) is 1. The molecule has 0 radical (unpaired) electrons. The highest BCUT2D eigenvalue weighted by molar-refractivity contribution is 5.96. The number of nitrogens with one attached hydrogen (secondary N) is 1. The molecule has 0 fully saturated rings. The Kier molecular flexibility index (Phi) is 4.53. The lowest BCUT2D eigenvalue weighted by Crippen LogP contribution is -2.20. The van der Waals surface area contributed by atoms with Crippen molar-refractivity contribution in [2.75, 3.05) is 12.4 Å². The maximum atomic E-state index is 12.3. The second-order valence-electron chi connectivity index (χ2n) is 5.54. The molecule has 0 spiro atoms. The molecule has 0 aliphatic heterocycles. The Morgan fingerprint density at radius 2 is 2.08 bits per heavy atom. The van der Waals surface area contributed by atoms with Crippen molar-refractivity contribution in [2.45, 2.75) is 19.6 Å². The lowest BCUT2D eigenvalue weighted by atomic mass is 10.1. The van der Waals surface area contributed by atoms with Crippen LogP contribution in [0.3, 0.4) is 0 Å². The van der Waals surface area contributed by atoms with E-state index in [2.05, 4.69) is 16.8 Å². The van der Waals surface area contributed by atoms with E-state index in [0.29, 0.717) is 17.0 Å². The van der Waals surface area contributed by atoms with E-state index >= 15 is 0 Å². The maximum Gasteiger partial charge on any atom is 0.257 e. The van der Waals surface area contributed by atoms with Gasteiger partial charge in [-0.25, -0.2) is 0 Å². The molecule has 2 N–H and O–H groups in total. The summed E-state index contributed by atoms with van der Waals surface area (Å²) >= 11 is 0. The normalized spacial score (nSPS) is 12.1. The van der Waals surface area contributed by atoms with Crippen LogP contribution in [0, 0.1) is 0 Å². The number of hydrogen-bond donors (Lipinski definition) is 2. The van der Waals surface area contributed by atoms with Crippen LogP contribution in [0.2, 0.25) is 0 Å². The fourth-order valence-electron chi connectivity index (χ4n) is 2.71. The highest BCUT2D eigenvalue weighted by Gasteiger charge is 2.18. The smallest absolute Gasteiger partial charge is 0.257 e. The van der Waals surface area contributed by atoms with E-state index in [0.717, 1.165) is 17.4 Å². The Bertz CT molecular complexity index is 870. The van der Waals surface area contributed by atoms with Crippen LogP contribution in [0.1, 0.15) is 18.6 Å². The van der Waals surface area contributed by atoms with E-state index in [1.807, 2.05) is 30.5 Å². The number of methoxy groups -OCH3 is 1. The Labute approximate surface area is 140 Å². The zero-order valence-electron chi connectivity index (χ0n) is 13.7. The van der Waals surface area contributed by atoms with Crippen molar-refractivity contribution in [3.63, 3.8) is 0 Å². The van der Waals surface area contributed by atoms with Crippen molar-refractivity contribution in [1.82, 2.24) is 4.57 Å². The van der Waals surface area contributed by atoms with Crippen LogP contribution in [-0.2, 0) is 11.3 Å². The summed E-state index contributed by atoms with van der Waals surface area (Å²) in [5, 5.41) is 14.2. The highest BCUT2D eigenvalue weighted by atomic mass is 16.5. The minimum atomic E-state index is -1.26. The standard InChI is InChI=1S/C19H20N2O3/c1-3-21-10-9-13-7-8-15(12-17(13)21)20-19(23)18(22)14-5-4-6-16(11-14)24-2/h4-12,18,22H,3H2,1-2H3,(H,20,23). The second kappa shape index (κ2) is 6.76. The number of aliphatic hydroxyl groups is 1. The van der Waals surface area contributed by atoms with Crippen molar-refractivity contribution in [2.24, 2.45) is 0 Å². The topological polar surface area (TPSA) is 63.5 Å². The zero-order chi connectivity index (χ0) is 17.1. The molecular weight excluding hydrogens is 304 g/mol. The molecule has 1 heterocycles. The predicted octanol–water partition coefficient (Wildman–Crippen LogP) is 3.34. The van der Waals surface area contributed by atoms with Crippen molar-refractivity contribution in [3.8, 4) is 5.75 Å². The van der Waals surface area contributed by atoms with Gasteiger partial charge in [-0.1, -0.05) is 18.2 Å². The van der Waals surface area contributed by atoms with Gasteiger partial charge < -0.3 is 19.7 Å². The summed E-state index contributed by atoms with van der Waals surface area (Å²) < 4.78 is 7.22. The van der Waals surface area contributed by atoms with Crippen LogP contribution < -0.4 is 10.1 Å². The molecule has 0 aliphatic carbocycles. The first-order valence-electron chi connectivity index (χ1n) is 7.84. The molecular formula is C19H20N2O3. The van der Waals surface area contributed by atoms with Gasteiger partial charge in [-0.15, -0.1) is 0 Å². The molecule has 1 amide bonds. The largest absolute Gasteiger partial charge is 0.497 e. The number of hydrogen-bond acceptors (Lipinski definition) is 3. The van der Waals surface area contributed by atoms with Gasteiger partial charge in [0.2, 0.25) is 0 Å². The third kappa shape index (κ3) is 3.12. The van der Waals surface area contributed by atoms with E-state index < -0.39 is 12.0 Å². The number of fused-ring (bicyclic) bond motifs is 1. The molecule has 5 heteroatoms. The number of aryl methyl sites for hydroxylation is 1. The fourth-order valence-corrected chi connectivity index (χ4v) is 2.71. The number of anilines is 1. The first-order chi connectivity index (χ1) is 11.6. The van der Waals surface area contributed by atoms with Gasteiger partial charge in [0.15, 0.2) is 6.10 Å². The molecule has 124 valence electrons. The summed E-state index contributed by atoms with van der Waals surface area (Å²) in [4.78, 5) is 12.3. The van der Waals surface area contributed by atoms with Crippen LogP contribution in [0.4, 0.5) is 5.69 Å². The summed E-state index contributed by atoms with van der Waals surface area (Å²) in [5.41, 5.74) is 2.19. The van der Waals surface area contributed by atoms with Gasteiger partial charge in [0, 0.05) is 18.4 Å². The SMILES string of the molecule is CCn1ccc2ccc(NC(=O)C(O)c3cccc(OC)c3)cc21. The number of benzene rings is 2. The number of nitrogens with zero attached hydrogens (tertiary/aromatic N) is 1. The predicted molar refractivity (Wildman–Crippen MR) is 94.2 cm³/mol. The molecule has 1 aromatic heterocycles. The summed E-state index contributed by atoms with van der Waals surface area (Å²) in [6.45, 7) is 2.92. The number of aliphatic hydroxyl groups excluding tert-OH is 1. The molecule has 0 aliphatic rings. The van der Waals surface area contributed by atoms with Gasteiger partial charge in [0.25, 0.3) is 5.91 Å². The van der Waals surface area contributed by atoms with E-state index in [1.165, 1.54) is 0 Å². The van der Waals surface area contributed by atoms with Crippen molar-refractivity contribution in [3.05, 3.63) is 60.3 Å². The number of rotatable bonds is 5. The van der Waals surface area contributed by atoms with Crippen LogP contribution in [0.15, 0.2) is 54.7 Å². The zero-order valence-corrected chi connectivity index (χ0v) is 13.7. The molecule has 3 rings (SSSR count). The van der Waals surface area contributed by atoms with E-state index in [-0.39, 0.29) is 0 Å². The maximum absolute atomic E-state index is 12.3. The summed E-state index contributed by atoms with van der Waals surface area (Å²) in [6, 6.07) is 14.6. The Hall–Kier alpha value is -2.79. The molecule has 1 unspecified atom stereocenters. The summed E-state index contributed by atoms with van der Waals surface area (Å²) in [6.07, 6.45) is 0.759. The van der Waals surface area contributed by atoms with Gasteiger partial charge in [-0.3, -0.25) is 4.79 Å². The first kappa shape index (κ1) is 16.1. The fraction of sp³-hybridized carbons (Fsp3) is 0.211. The number of carbonyl (C=O) groups excluding carboxylic acids is 1. The first-order valence-corrected chi connectivity index (χ1v) is 7.84. The molecule has 0 saturated carbocycles. The van der Waals surface area contributed by atoms with Crippen LogP contribution >= 0.6 is 0 Å². The van der Waals surface area contributed by atoms with Crippen molar-refractivity contribution >= 4 is 22.5 Å². The third-order valence-electron chi connectivity index (χ3n) is 4.04. The molecule has 1 atom stereocenters. The quantitative estimate of drug-likeness (QED) is 0.756. The monoisotopic (exact) mass is 324 g/mol. The molecule has 24 heavy (non-hydrogen) atoms. The van der Waals surface area contributed by atoms with E-state index in [9.17, 15) is 9.90 Å². The summed E-state index contributed by atoms with van der Waals surface area (Å²) in [5.74, 6) is 0.124. The lowest BCUT2D eigenvalue weighted by molar-refractivity contribution is -0.124. The Morgan fingerprint density at radius 1 is 1.25 bits per heavy atom. The van der Waals surface area contributed by atoms with E-state index in [4.69, 9.17) is 4.74 Å². The minimum Gasteiger partial charge on any atom is -0.497 e. The molecule has 2 aromatic carbocycles. The van der Waals surface area contributed by atoms with E-state index in [1.54, 1.807) is 31.4 Å². The highest BCUT2D eigenvalue weighted by Crippen LogP contribution is 2.23. The Balaban J connectivity index is 1.80. The van der Waals surface area contributed by atoms with Gasteiger partial charge in [0.05, 0.1) is 12.6 Å². The Morgan fingerprint density at radius 3 is 2.83 bits per heavy atom. The molecule has 5 nitrogen and oxygen atoms in total. The molecule has 0 saturated heterocycles. The number of carbonyl (C=O) groups is 1. The summed E-state index contributed by atoms with van der Waals surface area (Å²) in [7, 11) is 1.55. The third-order valence-corrected chi connectivity index (χ3v) is 4.04. The van der Waals surface area contributed by atoms with Crippen LogP contribution in [-0.4, -0.2) is 22.7 Å². The second-order valence-corrected chi connectivity index (χ2v) is 5.54.